The number of hydrogen-bond acceptors (Lipinski definition) is 5. The van der Waals surface area contributed by atoms with Gasteiger partial charge in [-0.3, -0.25) is 14.2 Å². The Labute approximate surface area is 155 Å². The molecule has 1 aliphatic heterocycles. The molecule has 1 unspecified atom stereocenters. The SMILES string of the molecule is CC1Oc2ccc(NC(=O)c3ccccc3-n3cnnc3)cc2N(C)C1=O. The molecule has 1 aromatic heterocycles. The van der Waals surface area contributed by atoms with Gasteiger partial charge in [0.2, 0.25) is 0 Å². The van der Waals surface area contributed by atoms with Crippen LogP contribution in [0.3, 0.4) is 0 Å². The summed E-state index contributed by atoms with van der Waals surface area (Å²) in [6.45, 7) is 1.71. The molecule has 3 aromatic rings. The van der Waals surface area contributed by atoms with Crippen LogP contribution >= 0.6 is 0 Å². The van der Waals surface area contributed by atoms with Crippen molar-refractivity contribution in [3.05, 3.63) is 60.7 Å². The van der Waals surface area contributed by atoms with E-state index in [0.29, 0.717) is 28.4 Å². The van der Waals surface area contributed by atoms with Crippen molar-refractivity contribution in [1.29, 1.82) is 0 Å². The lowest BCUT2D eigenvalue weighted by Crippen LogP contribution is -2.41. The number of nitrogens with zero attached hydrogens (tertiary/aromatic N) is 4. The predicted octanol–water partition coefficient (Wildman–Crippen LogP) is 2.26. The molecule has 0 saturated carbocycles. The Balaban J connectivity index is 1.63. The van der Waals surface area contributed by atoms with Crippen molar-refractivity contribution < 1.29 is 14.3 Å². The molecule has 0 radical (unpaired) electrons. The summed E-state index contributed by atoms with van der Waals surface area (Å²) >= 11 is 0. The fourth-order valence-electron chi connectivity index (χ4n) is 3.00. The first-order chi connectivity index (χ1) is 13.0. The number of anilines is 2. The number of carbonyl (C=O) groups excluding carboxylic acids is 2. The third-order valence-electron chi connectivity index (χ3n) is 4.41. The number of fused-ring (bicyclic) bond motifs is 1. The summed E-state index contributed by atoms with van der Waals surface area (Å²) in [5.74, 6) is 0.190. The van der Waals surface area contributed by atoms with E-state index in [2.05, 4.69) is 15.5 Å². The minimum atomic E-state index is -0.529. The molecule has 0 aliphatic carbocycles. The Morgan fingerprint density at radius 1 is 1.11 bits per heavy atom. The summed E-state index contributed by atoms with van der Waals surface area (Å²) in [5.41, 5.74) is 2.32. The van der Waals surface area contributed by atoms with Crippen LogP contribution in [-0.2, 0) is 4.79 Å². The van der Waals surface area contributed by atoms with Crippen LogP contribution in [0.25, 0.3) is 5.69 Å². The normalized spacial score (nSPS) is 15.9. The zero-order chi connectivity index (χ0) is 19.0. The predicted molar refractivity (Wildman–Crippen MR) is 99.3 cm³/mol. The highest BCUT2D eigenvalue weighted by Gasteiger charge is 2.29. The van der Waals surface area contributed by atoms with Crippen molar-refractivity contribution in [1.82, 2.24) is 14.8 Å². The summed E-state index contributed by atoms with van der Waals surface area (Å²) in [6, 6.07) is 12.4. The van der Waals surface area contributed by atoms with Gasteiger partial charge in [-0.2, -0.15) is 0 Å². The minimum absolute atomic E-state index is 0.135. The number of ether oxygens (including phenoxy) is 1. The second-order valence-electron chi connectivity index (χ2n) is 6.18. The maximum Gasteiger partial charge on any atom is 0.267 e. The number of hydrogen-bond donors (Lipinski definition) is 1. The maximum atomic E-state index is 12.8. The van der Waals surface area contributed by atoms with Crippen molar-refractivity contribution in [3.8, 4) is 11.4 Å². The molecule has 0 bridgehead atoms. The topological polar surface area (TPSA) is 89.3 Å². The van der Waals surface area contributed by atoms with Crippen molar-refractivity contribution in [3.63, 3.8) is 0 Å². The molecule has 1 atom stereocenters. The van der Waals surface area contributed by atoms with Crippen molar-refractivity contribution in [2.24, 2.45) is 0 Å². The lowest BCUT2D eigenvalue weighted by atomic mass is 10.1. The molecular formula is C19H17N5O3. The standard InChI is InChI=1S/C19H17N5O3/c1-12-19(26)23(2)16-9-13(7-8-17(16)27-12)22-18(25)14-5-3-4-6-15(14)24-10-20-21-11-24/h3-12H,1-2H3,(H,22,25). The summed E-state index contributed by atoms with van der Waals surface area (Å²) in [6.07, 6.45) is 2.53. The van der Waals surface area contributed by atoms with Crippen molar-refractivity contribution >= 4 is 23.2 Å². The smallest absolute Gasteiger partial charge is 0.267 e. The average molecular weight is 363 g/mol. The van der Waals surface area contributed by atoms with E-state index in [1.54, 1.807) is 48.9 Å². The molecule has 1 N–H and O–H groups in total. The second-order valence-corrected chi connectivity index (χ2v) is 6.18. The monoisotopic (exact) mass is 363 g/mol. The number of aromatic nitrogens is 3. The Hall–Kier alpha value is -3.68. The van der Waals surface area contributed by atoms with Crippen LogP contribution in [0.4, 0.5) is 11.4 Å². The van der Waals surface area contributed by atoms with E-state index in [4.69, 9.17) is 4.74 Å². The first-order valence-electron chi connectivity index (χ1n) is 8.38. The molecule has 4 rings (SSSR count). The van der Waals surface area contributed by atoms with Gasteiger partial charge in [0.15, 0.2) is 6.10 Å². The lowest BCUT2D eigenvalue weighted by molar-refractivity contribution is -0.125. The number of carbonyl (C=O) groups is 2. The number of para-hydroxylation sites is 1. The van der Waals surface area contributed by atoms with E-state index in [-0.39, 0.29) is 11.8 Å². The van der Waals surface area contributed by atoms with Gasteiger partial charge in [-0.1, -0.05) is 12.1 Å². The quantitative estimate of drug-likeness (QED) is 0.771. The third-order valence-corrected chi connectivity index (χ3v) is 4.41. The molecule has 136 valence electrons. The number of likely N-dealkylation sites (N-methyl/N-ethyl adjacent to an activating group) is 1. The molecule has 8 heteroatoms. The Morgan fingerprint density at radius 2 is 1.85 bits per heavy atom. The third kappa shape index (κ3) is 3.01. The fraction of sp³-hybridized carbons (Fsp3) is 0.158. The molecular weight excluding hydrogens is 346 g/mol. The van der Waals surface area contributed by atoms with E-state index < -0.39 is 6.10 Å². The molecule has 8 nitrogen and oxygen atoms in total. The summed E-state index contributed by atoms with van der Waals surface area (Å²) in [5, 5.41) is 10.4. The lowest BCUT2D eigenvalue weighted by Gasteiger charge is -2.30. The number of amides is 2. The van der Waals surface area contributed by atoms with Crippen LogP contribution < -0.4 is 15.0 Å². The van der Waals surface area contributed by atoms with E-state index in [0.717, 1.165) is 0 Å². The van der Waals surface area contributed by atoms with Crippen LogP contribution in [0.2, 0.25) is 0 Å². The van der Waals surface area contributed by atoms with Crippen LogP contribution in [0.1, 0.15) is 17.3 Å². The van der Waals surface area contributed by atoms with Crippen LogP contribution in [0.15, 0.2) is 55.1 Å². The summed E-state index contributed by atoms with van der Waals surface area (Å²) < 4.78 is 7.28. The molecule has 0 saturated heterocycles. The Kier molecular flexibility index (Phi) is 4.08. The summed E-state index contributed by atoms with van der Waals surface area (Å²) in [4.78, 5) is 26.5. The molecule has 27 heavy (non-hydrogen) atoms. The van der Waals surface area contributed by atoms with Crippen LogP contribution in [-0.4, -0.2) is 39.7 Å². The average Bonchev–Trinajstić information content (AvgIpc) is 3.21. The van der Waals surface area contributed by atoms with Gasteiger partial charge in [-0.25, -0.2) is 0 Å². The Bertz CT molecular complexity index is 1020. The van der Waals surface area contributed by atoms with E-state index in [1.807, 2.05) is 12.1 Å². The second kappa shape index (κ2) is 6.56. The van der Waals surface area contributed by atoms with Crippen molar-refractivity contribution in [2.45, 2.75) is 13.0 Å². The highest BCUT2D eigenvalue weighted by Crippen LogP contribution is 2.35. The maximum absolute atomic E-state index is 12.8. The van der Waals surface area contributed by atoms with Crippen molar-refractivity contribution in [2.75, 3.05) is 17.3 Å². The van der Waals surface area contributed by atoms with Gasteiger partial charge < -0.3 is 15.0 Å². The van der Waals surface area contributed by atoms with E-state index >= 15 is 0 Å². The van der Waals surface area contributed by atoms with Gasteiger partial charge in [0.1, 0.15) is 18.4 Å². The highest BCUT2D eigenvalue weighted by molar-refractivity contribution is 6.07. The summed E-state index contributed by atoms with van der Waals surface area (Å²) in [7, 11) is 1.69. The first-order valence-corrected chi connectivity index (χ1v) is 8.38. The highest BCUT2D eigenvalue weighted by atomic mass is 16.5. The number of benzene rings is 2. The van der Waals surface area contributed by atoms with E-state index in [9.17, 15) is 9.59 Å². The number of nitrogens with one attached hydrogen (secondary N) is 1. The van der Waals surface area contributed by atoms with Crippen LogP contribution in [0.5, 0.6) is 5.75 Å². The van der Waals surface area contributed by atoms with Gasteiger partial charge in [-0.05, 0) is 37.3 Å². The zero-order valence-electron chi connectivity index (χ0n) is 14.8. The number of rotatable bonds is 3. The fourth-order valence-corrected chi connectivity index (χ4v) is 3.00. The molecule has 2 heterocycles. The first kappa shape index (κ1) is 16.8. The van der Waals surface area contributed by atoms with Gasteiger partial charge >= 0.3 is 0 Å². The van der Waals surface area contributed by atoms with Gasteiger partial charge in [-0.15, -0.1) is 10.2 Å². The molecule has 2 aromatic carbocycles. The minimum Gasteiger partial charge on any atom is -0.479 e. The largest absolute Gasteiger partial charge is 0.479 e. The van der Waals surface area contributed by atoms with Gasteiger partial charge in [0.25, 0.3) is 11.8 Å². The van der Waals surface area contributed by atoms with E-state index in [1.165, 1.54) is 17.6 Å². The molecule has 1 aliphatic rings. The van der Waals surface area contributed by atoms with Crippen LogP contribution in [0, 0.1) is 0 Å². The molecule has 0 fully saturated rings. The molecule has 0 spiro atoms. The van der Waals surface area contributed by atoms with Gasteiger partial charge in [0, 0.05) is 12.7 Å². The zero-order valence-corrected chi connectivity index (χ0v) is 14.8. The van der Waals surface area contributed by atoms with Gasteiger partial charge in [0.05, 0.1) is 16.9 Å². The Morgan fingerprint density at radius 3 is 2.63 bits per heavy atom. The molecule has 2 amide bonds.